The fraction of sp³-hybridized carbons (Fsp3) is 0.333. The Bertz CT molecular complexity index is 1080. The van der Waals surface area contributed by atoms with Crippen molar-refractivity contribution in [3.05, 3.63) is 71.8 Å². The van der Waals surface area contributed by atoms with Crippen molar-refractivity contribution >= 4 is 22.6 Å². The predicted molar refractivity (Wildman–Crippen MR) is 132 cm³/mol. The number of carbonyl (C=O) groups is 2. The summed E-state index contributed by atoms with van der Waals surface area (Å²) in [4.78, 5) is 23.9. The molecule has 0 aromatic heterocycles. The number of fused-ring (bicyclic) bond motifs is 1. The van der Waals surface area contributed by atoms with E-state index in [1.54, 1.807) is 7.11 Å². The number of carboxylic acids is 1. The van der Waals surface area contributed by atoms with Gasteiger partial charge in [-0.3, -0.25) is 9.59 Å². The van der Waals surface area contributed by atoms with Crippen LogP contribution in [0.3, 0.4) is 0 Å². The van der Waals surface area contributed by atoms with Crippen LogP contribution in [0.4, 0.5) is 0 Å². The van der Waals surface area contributed by atoms with Crippen molar-refractivity contribution in [3.63, 3.8) is 0 Å². The number of carbonyl (C=O) groups excluding carboxylic acids is 1. The lowest BCUT2D eigenvalue weighted by Gasteiger charge is -2.20. The largest absolute Gasteiger partial charge is 0.481 e. The normalized spacial score (nSPS) is 14.7. The Balaban J connectivity index is 0.000000709. The number of aliphatic carboxylic acids is 1. The number of amides is 1. The highest BCUT2D eigenvalue weighted by Gasteiger charge is 2.17. The van der Waals surface area contributed by atoms with Gasteiger partial charge in [0.25, 0.3) is 11.9 Å². The van der Waals surface area contributed by atoms with Crippen molar-refractivity contribution in [2.45, 2.75) is 26.4 Å². The van der Waals surface area contributed by atoms with Gasteiger partial charge in [0.2, 0.25) is 0 Å². The lowest BCUT2D eigenvalue weighted by Crippen LogP contribution is -2.34. The van der Waals surface area contributed by atoms with Crippen LogP contribution in [-0.4, -0.2) is 55.2 Å². The smallest absolute Gasteiger partial charge is 0.300 e. The molecule has 6 nitrogen and oxygen atoms in total. The summed E-state index contributed by atoms with van der Waals surface area (Å²) in [6.07, 6.45) is 1.08. The van der Waals surface area contributed by atoms with Gasteiger partial charge in [0.15, 0.2) is 0 Å². The number of hydrogen-bond acceptors (Lipinski definition) is 4. The lowest BCUT2D eigenvalue weighted by atomic mass is 9.95. The molecule has 1 aliphatic rings. The second kappa shape index (κ2) is 11.6. The van der Waals surface area contributed by atoms with Gasteiger partial charge < -0.3 is 20.1 Å². The molecule has 1 saturated heterocycles. The summed E-state index contributed by atoms with van der Waals surface area (Å²) >= 11 is 0. The highest BCUT2D eigenvalue weighted by atomic mass is 16.5. The van der Waals surface area contributed by atoms with Crippen LogP contribution in [0.2, 0.25) is 0 Å². The lowest BCUT2D eigenvalue weighted by molar-refractivity contribution is -0.134. The van der Waals surface area contributed by atoms with E-state index in [0.29, 0.717) is 0 Å². The minimum atomic E-state index is -0.833. The molecule has 0 saturated carbocycles. The number of methoxy groups -OCH3 is 1. The van der Waals surface area contributed by atoms with E-state index in [4.69, 9.17) is 14.6 Å². The molecule has 6 heteroatoms. The van der Waals surface area contributed by atoms with Gasteiger partial charge in [-0.2, -0.15) is 0 Å². The Kier molecular flexibility index (Phi) is 8.58. The van der Waals surface area contributed by atoms with Crippen molar-refractivity contribution in [2.75, 3.05) is 33.3 Å². The molecule has 174 valence electrons. The third kappa shape index (κ3) is 6.40. The third-order valence-electron chi connectivity index (χ3n) is 5.80. The Hall–Kier alpha value is -3.22. The van der Waals surface area contributed by atoms with Gasteiger partial charge in [0.1, 0.15) is 0 Å². The van der Waals surface area contributed by atoms with Crippen LogP contribution in [0.5, 0.6) is 0 Å². The van der Waals surface area contributed by atoms with Crippen molar-refractivity contribution in [2.24, 2.45) is 0 Å². The van der Waals surface area contributed by atoms with Gasteiger partial charge in [-0.1, -0.05) is 48.5 Å². The topological polar surface area (TPSA) is 78.9 Å². The van der Waals surface area contributed by atoms with Crippen LogP contribution in [0.15, 0.2) is 60.7 Å². The van der Waals surface area contributed by atoms with Crippen LogP contribution in [0, 0.1) is 0 Å². The van der Waals surface area contributed by atoms with Gasteiger partial charge in [0.05, 0.1) is 6.10 Å². The average Bonchev–Trinajstić information content (AvgIpc) is 3.12. The maximum absolute atomic E-state index is 13.0. The van der Waals surface area contributed by atoms with E-state index in [1.807, 2.05) is 24.0 Å². The summed E-state index contributed by atoms with van der Waals surface area (Å²) in [5, 5.41) is 13.0. The highest BCUT2D eigenvalue weighted by molar-refractivity contribution is 6.02. The zero-order valence-electron chi connectivity index (χ0n) is 19.5. The van der Waals surface area contributed by atoms with Gasteiger partial charge in [0, 0.05) is 39.2 Å². The molecule has 3 aromatic carbocycles. The van der Waals surface area contributed by atoms with Crippen molar-refractivity contribution < 1.29 is 19.4 Å². The Morgan fingerprint density at radius 2 is 1.76 bits per heavy atom. The van der Waals surface area contributed by atoms with Gasteiger partial charge in [-0.25, -0.2) is 0 Å². The first-order valence-corrected chi connectivity index (χ1v) is 11.3. The molecular weight excluding hydrogens is 416 g/mol. The molecule has 1 aliphatic heterocycles. The molecule has 1 heterocycles. The summed E-state index contributed by atoms with van der Waals surface area (Å²) in [6.45, 7) is 6.55. The molecule has 1 unspecified atom stereocenters. The molecule has 33 heavy (non-hydrogen) atoms. The predicted octanol–water partition coefficient (Wildman–Crippen LogP) is 4.74. The number of nitrogens with zero attached hydrogens (tertiary/aromatic N) is 1. The van der Waals surface area contributed by atoms with Crippen molar-refractivity contribution in [3.8, 4) is 11.1 Å². The molecule has 0 bridgehead atoms. The van der Waals surface area contributed by atoms with Crippen LogP contribution >= 0.6 is 0 Å². The van der Waals surface area contributed by atoms with E-state index < -0.39 is 5.97 Å². The number of hydrogen-bond donors (Lipinski definition) is 2. The standard InChI is InChI=1S/C25H28N2O2.C2H4O2/c1-18(29-2)19-7-9-20(10-8-19)23-6-3-5-21-17-22(11-12-24(21)23)25(28)27-15-4-13-26-14-16-27;1-2(3)4/h3,5-12,17-18,26H,4,13-16H2,1-2H3;1H3,(H,3,4). The van der Waals surface area contributed by atoms with Crippen LogP contribution in [0.1, 0.15) is 42.3 Å². The fourth-order valence-corrected chi connectivity index (χ4v) is 3.97. The molecule has 1 atom stereocenters. The van der Waals surface area contributed by atoms with E-state index in [2.05, 4.69) is 53.8 Å². The summed E-state index contributed by atoms with van der Waals surface area (Å²) in [6, 6.07) is 20.9. The first kappa shape index (κ1) is 24.4. The minimum Gasteiger partial charge on any atom is -0.481 e. The molecule has 1 fully saturated rings. The molecule has 2 N–H and O–H groups in total. The summed E-state index contributed by atoms with van der Waals surface area (Å²) < 4.78 is 5.41. The fourth-order valence-electron chi connectivity index (χ4n) is 3.97. The number of ether oxygens (including phenoxy) is 1. The Labute approximate surface area is 195 Å². The van der Waals surface area contributed by atoms with Crippen molar-refractivity contribution in [1.82, 2.24) is 10.2 Å². The molecule has 0 aliphatic carbocycles. The monoisotopic (exact) mass is 448 g/mol. The molecular formula is C27H32N2O4. The van der Waals surface area contributed by atoms with E-state index in [-0.39, 0.29) is 12.0 Å². The Morgan fingerprint density at radius 3 is 2.45 bits per heavy atom. The average molecular weight is 449 g/mol. The van der Waals surface area contributed by atoms with E-state index >= 15 is 0 Å². The highest BCUT2D eigenvalue weighted by Crippen LogP contribution is 2.30. The number of nitrogens with one attached hydrogen (secondary N) is 1. The van der Waals surface area contributed by atoms with Crippen LogP contribution in [-0.2, 0) is 9.53 Å². The molecule has 4 rings (SSSR count). The zero-order chi connectivity index (χ0) is 23.8. The van der Waals surface area contributed by atoms with Gasteiger partial charge in [-0.05, 0) is 59.5 Å². The maximum Gasteiger partial charge on any atom is 0.300 e. The maximum atomic E-state index is 13.0. The van der Waals surface area contributed by atoms with E-state index in [0.717, 1.165) is 61.4 Å². The quantitative estimate of drug-likeness (QED) is 0.603. The second-order valence-electron chi connectivity index (χ2n) is 8.16. The first-order chi connectivity index (χ1) is 15.9. The molecule has 3 aromatic rings. The summed E-state index contributed by atoms with van der Waals surface area (Å²) in [5.41, 5.74) is 4.27. The number of rotatable bonds is 4. The SMILES string of the molecule is CC(=O)O.COC(C)c1ccc(-c2cccc3cc(C(=O)N4CCCNCC4)ccc23)cc1. The Morgan fingerprint density at radius 1 is 1.03 bits per heavy atom. The van der Waals surface area contributed by atoms with Crippen LogP contribution in [0.25, 0.3) is 21.9 Å². The summed E-state index contributed by atoms with van der Waals surface area (Å²) in [5.74, 6) is -0.709. The molecule has 0 radical (unpaired) electrons. The first-order valence-electron chi connectivity index (χ1n) is 11.3. The number of carboxylic acid groups (broad SMARTS) is 1. The van der Waals surface area contributed by atoms with Gasteiger partial charge >= 0.3 is 0 Å². The van der Waals surface area contributed by atoms with E-state index in [1.165, 1.54) is 11.1 Å². The van der Waals surface area contributed by atoms with E-state index in [9.17, 15) is 4.79 Å². The van der Waals surface area contributed by atoms with Crippen molar-refractivity contribution in [1.29, 1.82) is 0 Å². The zero-order valence-corrected chi connectivity index (χ0v) is 19.5. The second-order valence-corrected chi connectivity index (χ2v) is 8.16. The van der Waals surface area contributed by atoms with Crippen LogP contribution < -0.4 is 5.32 Å². The number of benzene rings is 3. The van der Waals surface area contributed by atoms with Gasteiger partial charge in [-0.15, -0.1) is 0 Å². The minimum absolute atomic E-state index is 0.0827. The molecule has 1 amide bonds. The molecule has 0 spiro atoms. The third-order valence-corrected chi connectivity index (χ3v) is 5.80. The summed E-state index contributed by atoms with van der Waals surface area (Å²) in [7, 11) is 1.73.